The molecule has 0 aliphatic heterocycles. The Morgan fingerprint density at radius 1 is 1.00 bits per heavy atom. The van der Waals surface area contributed by atoms with E-state index in [1.54, 1.807) is 11.3 Å². The van der Waals surface area contributed by atoms with Gasteiger partial charge < -0.3 is 4.98 Å². The molecule has 0 aliphatic rings. The molecule has 3 nitrogen and oxygen atoms in total. The van der Waals surface area contributed by atoms with E-state index in [-0.39, 0.29) is 5.41 Å². The number of imidazole rings is 1. The van der Waals surface area contributed by atoms with Gasteiger partial charge in [0.15, 0.2) is 0 Å². The second-order valence-corrected chi connectivity index (χ2v) is 8.15. The normalized spacial score (nSPS) is 12.5. The Bertz CT molecular complexity index is 991. The van der Waals surface area contributed by atoms with Gasteiger partial charge in [-0.1, -0.05) is 32.0 Å². The summed E-state index contributed by atoms with van der Waals surface area (Å²) in [5, 5.41) is 1.15. The molecule has 0 saturated carbocycles. The van der Waals surface area contributed by atoms with Crippen molar-refractivity contribution >= 4 is 32.6 Å². The monoisotopic (exact) mass is 335 g/mol. The average Bonchev–Trinajstić information content (AvgIpc) is 3.18. The summed E-state index contributed by atoms with van der Waals surface area (Å²) in [5.74, 6) is 1.44. The second kappa shape index (κ2) is 5.42. The zero-order chi connectivity index (χ0) is 16.9. The quantitative estimate of drug-likeness (QED) is 0.528. The van der Waals surface area contributed by atoms with E-state index in [4.69, 9.17) is 4.98 Å². The number of nitrogens with one attached hydrogen (secondary N) is 1. The number of para-hydroxylation sites is 1. The first-order valence-corrected chi connectivity index (χ1v) is 9.13. The highest BCUT2D eigenvalue weighted by atomic mass is 32.1. The van der Waals surface area contributed by atoms with E-state index in [1.807, 2.05) is 6.07 Å². The molecule has 4 aromatic rings. The number of benzene rings is 2. The maximum Gasteiger partial charge on any atom is 0.109 e. The minimum atomic E-state index is -0.138. The predicted molar refractivity (Wildman–Crippen MR) is 102 cm³/mol. The van der Waals surface area contributed by atoms with Crippen LogP contribution in [0.15, 0.2) is 42.5 Å². The molecule has 0 fully saturated rings. The Morgan fingerprint density at radius 3 is 2.54 bits per heavy atom. The minimum absolute atomic E-state index is 0.138. The summed E-state index contributed by atoms with van der Waals surface area (Å²) in [5.41, 5.74) is 4.33. The zero-order valence-electron chi connectivity index (χ0n) is 14.4. The molecule has 0 radical (unpaired) electrons. The van der Waals surface area contributed by atoms with Gasteiger partial charge in [0.2, 0.25) is 0 Å². The van der Waals surface area contributed by atoms with Crippen LogP contribution in [0.5, 0.6) is 0 Å². The SMILES string of the molecule is CC(C)c1nc2ccc(C(C)(C)c3nc4ccccc4s3)cc2[nH]1. The Morgan fingerprint density at radius 2 is 1.79 bits per heavy atom. The summed E-state index contributed by atoms with van der Waals surface area (Å²) >= 11 is 1.78. The van der Waals surface area contributed by atoms with E-state index >= 15 is 0 Å². The molecule has 0 spiro atoms. The smallest absolute Gasteiger partial charge is 0.109 e. The number of aromatic amines is 1. The molecule has 2 heterocycles. The fourth-order valence-electron chi connectivity index (χ4n) is 2.95. The Balaban J connectivity index is 1.81. The molecule has 0 unspecified atom stereocenters. The van der Waals surface area contributed by atoms with Gasteiger partial charge in [-0.2, -0.15) is 0 Å². The molecule has 0 atom stereocenters. The van der Waals surface area contributed by atoms with Crippen LogP contribution in [-0.4, -0.2) is 15.0 Å². The zero-order valence-corrected chi connectivity index (χ0v) is 15.2. The van der Waals surface area contributed by atoms with Crippen LogP contribution in [0.4, 0.5) is 0 Å². The van der Waals surface area contributed by atoms with Gasteiger partial charge in [-0.05, 0) is 43.7 Å². The third-order valence-electron chi connectivity index (χ3n) is 4.60. The fraction of sp³-hybridized carbons (Fsp3) is 0.300. The predicted octanol–water partition coefficient (Wildman–Crippen LogP) is 5.62. The summed E-state index contributed by atoms with van der Waals surface area (Å²) in [6.07, 6.45) is 0. The van der Waals surface area contributed by atoms with Crippen molar-refractivity contribution in [3.05, 3.63) is 58.9 Å². The van der Waals surface area contributed by atoms with E-state index in [1.165, 1.54) is 10.3 Å². The molecule has 1 N–H and O–H groups in total. The van der Waals surface area contributed by atoms with Gasteiger partial charge in [-0.25, -0.2) is 9.97 Å². The van der Waals surface area contributed by atoms with E-state index in [0.29, 0.717) is 5.92 Å². The van der Waals surface area contributed by atoms with Crippen molar-refractivity contribution in [1.82, 2.24) is 15.0 Å². The molecule has 2 aromatic heterocycles. The number of aromatic nitrogens is 3. The van der Waals surface area contributed by atoms with E-state index < -0.39 is 0 Å². The first-order valence-electron chi connectivity index (χ1n) is 8.31. The summed E-state index contributed by atoms with van der Waals surface area (Å²) < 4.78 is 1.24. The third kappa shape index (κ3) is 2.42. The van der Waals surface area contributed by atoms with Crippen LogP contribution in [-0.2, 0) is 5.41 Å². The van der Waals surface area contributed by atoms with Crippen LogP contribution in [0, 0.1) is 0 Å². The van der Waals surface area contributed by atoms with Crippen molar-refractivity contribution in [2.24, 2.45) is 0 Å². The minimum Gasteiger partial charge on any atom is -0.342 e. The summed E-state index contributed by atoms with van der Waals surface area (Å²) in [7, 11) is 0. The van der Waals surface area contributed by atoms with E-state index in [9.17, 15) is 0 Å². The average molecular weight is 335 g/mol. The van der Waals surface area contributed by atoms with Crippen molar-refractivity contribution in [2.75, 3.05) is 0 Å². The first kappa shape index (κ1) is 15.3. The largest absolute Gasteiger partial charge is 0.342 e. The van der Waals surface area contributed by atoms with Crippen LogP contribution in [0.1, 0.15) is 50.0 Å². The van der Waals surface area contributed by atoms with Crippen LogP contribution >= 0.6 is 11.3 Å². The number of thiazole rings is 1. The number of hydrogen-bond acceptors (Lipinski definition) is 3. The van der Waals surface area contributed by atoms with Crippen molar-refractivity contribution < 1.29 is 0 Å². The third-order valence-corrected chi connectivity index (χ3v) is 5.96. The van der Waals surface area contributed by atoms with Gasteiger partial charge >= 0.3 is 0 Å². The molecule has 4 rings (SSSR count). The topological polar surface area (TPSA) is 41.6 Å². The van der Waals surface area contributed by atoms with E-state index in [0.717, 1.165) is 27.4 Å². The van der Waals surface area contributed by atoms with Crippen molar-refractivity contribution in [3.63, 3.8) is 0 Å². The Kier molecular flexibility index (Phi) is 3.46. The lowest BCUT2D eigenvalue weighted by atomic mass is 9.85. The lowest BCUT2D eigenvalue weighted by Crippen LogP contribution is -2.18. The molecule has 0 saturated heterocycles. The standard InChI is InChI=1S/C20H21N3S/c1-12(2)18-21-14-10-9-13(11-16(14)22-18)20(3,4)19-23-15-7-5-6-8-17(15)24-19/h5-12H,1-4H3,(H,21,22). The number of hydrogen-bond donors (Lipinski definition) is 1. The molecular formula is C20H21N3S. The molecule has 2 aromatic carbocycles. The first-order chi connectivity index (χ1) is 11.4. The summed E-state index contributed by atoms with van der Waals surface area (Å²) in [6, 6.07) is 14.9. The lowest BCUT2D eigenvalue weighted by molar-refractivity contribution is 0.637. The number of nitrogens with zero attached hydrogens (tertiary/aromatic N) is 2. The van der Waals surface area contributed by atoms with Crippen molar-refractivity contribution in [3.8, 4) is 0 Å². The molecule has 0 aliphatic carbocycles. The maximum absolute atomic E-state index is 4.87. The maximum atomic E-state index is 4.87. The summed E-state index contributed by atoms with van der Waals surface area (Å²) in [4.78, 5) is 13.0. The lowest BCUT2D eigenvalue weighted by Gasteiger charge is -2.22. The van der Waals surface area contributed by atoms with Crippen LogP contribution in [0.2, 0.25) is 0 Å². The van der Waals surface area contributed by atoms with Gasteiger partial charge in [-0.3, -0.25) is 0 Å². The Hall–Kier alpha value is -2.20. The Labute approximate surface area is 145 Å². The van der Waals surface area contributed by atoms with Gasteiger partial charge in [0, 0.05) is 11.3 Å². The molecular weight excluding hydrogens is 314 g/mol. The highest BCUT2D eigenvalue weighted by Gasteiger charge is 2.27. The van der Waals surface area contributed by atoms with Crippen molar-refractivity contribution in [1.29, 1.82) is 0 Å². The van der Waals surface area contributed by atoms with Crippen LogP contribution in [0.25, 0.3) is 21.3 Å². The highest BCUT2D eigenvalue weighted by molar-refractivity contribution is 7.18. The van der Waals surface area contributed by atoms with Crippen LogP contribution in [0.3, 0.4) is 0 Å². The number of H-pyrrole nitrogens is 1. The van der Waals surface area contributed by atoms with Gasteiger partial charge in [0.1, 0.15) is 10.8 Å². The van der Waals surface area contributed by atoms with Gasteiger partial charge in [0.25, 0.3) is 0 Å². The van der Waals surface area contributed by atoms with Gasteiger partial charge in [-0.15, -0.1) is 11.3 Å². The van der Waals surface area contributed by atoms with Gasteiger partial charge in [0.05, 0.1) is 21.3 Å². The number of rotatable bonds is 3. The molecule has 0 bridgehead atoms. The molecule has 24 heavy (non-hydrogen) atoms. The highest BCUT2D eigenvalue weighted by Crippen LogP contribution is 2.37. The molecule has 122 valence electrons. The van der Waals surface area contributed by atoms with Crippen molar-refractivity contribution in [2.45, 2.75) is 39.0 Å². The fourth-order valence-corrected chi connectivity index (χ4v) is 4.04. The second-order valence-electron chi connectivity index (χ2n) is 7.12. The molecule has 4 heteroatoms. The summed E-state index contributed by atoms with van der Waals surface area (Å²) in [6.45, 7) is 8.80. The van der Waals surface area contributed by atoms with Crippen LogP contribution < -0.4 is 0 Å². The number of fused-ring (bicyclic) bond motifs is 2. The van der Waals surface area contributed by atoms with E-state index in [2.05, 4.69) is 74.1 Å². The molecule has 0 amide bonds.